The van der Waals surface area contributed by atoms with E-state index in [1.807, 2.05) is 43.3 Å². The molecule has 0 saturated heterocycles. The van der Waals surface area contributed by atoms with E-state index in [2.05, 4.69) is 47.9 Å². The van der Waals surface area contributed by atoms with E-state index in [-0.39, 0.29) is 12.1 Å². The molecule has 3 rings (SSSR count). The highest BCUT2D eigenvalue weighted by Gasteiger charge is 2.09. The van der Waals surface area contributed by atoms with Crippen molar-refractivity contribution in [2.45, 2.75) is 26.4 Å². The van der Waals surface area contributed by atoms with Crippen LogP contribution in [0.25, 0.3) is 10.8 Å². The van der Waals surface area contributed by atoms with Crippen molar-refractivity contribution in [1.29, 1.82) is 0 Å². The van der Waals surface area contributed by atoms with Gasteiger partial charge in [-0.3, -0.25) is 0 Å². The minimum atomic E-state index is -0.156. The highest BCUT2D eigenvalue weighted by molar-refractivity contribution is 5.83. The van der Waals surface area contributed by atoms with E-state index in [0.29, 0.717) is 6.54 Å². The van der Waals surface area contributed by atoms with Crippen LogP contribution in [0.5, 0.6) is 0 Å². The van der Waals surface area contributed by atoms with Gasteiger partial charge < -0.3 is 10.6 Å². The van der Waals surface area contributed by atoms with Crippen molar-refractivity contribution in [1.82, 2.24) is 10.6 Å². The lowest BCUT2D eigenvalue weighted by molar-refractivity contribution is 0.237. The van der Waals surface area contributed by atoms with Gasteiger partial charge in [0.25, 0.3) is 0 Å². The number of fused-ring (bicyclic) bond motifs is 1. The largest absolute Gasteiger partial charge is 0.334 e. The molecule has 0 aromatic heterocycles. The van der Waals surface area contributed by atoms with Crippen molar-refractivity contribution < 1.29 is 4.79 Å². The first-order valence-corrected chi connectivity index (χ1v) is 8.20. The number of urea groups is 1. The molecule has 3 nitrogen and oxygen atoms in total. The molecule has 2 N–H and O–H groups in total. The van der Waals surface area contributed by atoms with Crippen molar-refractivity contribution in [2.24, 2.45) is 0 Å². The van der Waals surface area contributed by atoms with Gasteiger partial charge in [-0.15, -0.1) is 0 Å². The second kappa shape index (κ2) is 7.18. The van der Waals surface area contributed by atoms with Gasteiger partial charge in [-0.25, -0.2) is 4.79 Å². The Hall–Kier alpha value is -2.81. The molecule has 0 radical (unpaired) electrons. The van der Waals surface area contributed by atoms with Gasteiger partial charge in [0.1, 0.15) is 0 Å². The van der Waals surface area contributed by atoms with Crippen LogP contribution in [0.15, 0.2) is 66.7 Å². The van der Waals surface area contributed by atoms with Gasteiger partial charge in [-0.05, 0) is 41.8 Å². The van der Waals surface area contributed by atoms with Crippen LogP contribution >= 0.6 is 0 Å². The molecule has 0 aliphatic rings. The van der Waals surface area contributed by atoms with Gasteiger partial charge in [0.15, 0.2) is 0 Å². The Morgan fingerprint density at radius 3 is 2.42 bits per heavy atom. The number of benzene rings is 3. The topological polar surface area (TPSA) is 41.1 Å². The average Bonchev–Trinajstić information content (AvgIpc) is 2.61. The molecule has 0 aliphatic carbocycles. The summed E-state index contributed by atoms with van der Waals surface area (Å²) in [6, 6.07) is 22.5. The van der Waals surface area contributed by atoms with Crippen LogP contribution in [0.4, 0.5) is 4.79 Å². The van der Waals surface area contributed by atoms with Crippen molar-refractivity contribution in [3.8, 4) is 0 Å². The summed E-state index contributed by atoms with van der Waals surface area (Å²) in [6.45, 7) is 4.57. The van der Waals surface area contributed by atoms with E-state index in [0.717, 1.165) is 11.1 Å². The molecular formula is C21H22N2O. The van der Waals surface area contributed by atoms with Crippen LogP contribution in [0.2, 0.25) is 0 Å². The predicted molar refractivity (Wildman–Crippen MR) is 98.9 cm³/mol. The maximum atomic E-state index is 12.1. The van der Waals surface area contributed by atoms with E-state index in [9.17, 15) is 4.79 Å². The third kappa shape index (κ3) is 3.93. The lowest BCUT2D eigenvalue weighted by atomic mass is 10.0. The first-order chi connectivity index (χ1) is 11.6. The third-order valence-corrected chi connectivity index (χ3v) is 4.19. The molecule has 1 atom stereocenters. The first kappa shape index (κ1) is 16.1. The van der Waals surface area contributed by atoms with Crippen molar-refractivity contribution >= 4 is 16.8 Å². The number of carbonyl (C=O) groups is 1. The summed E-state index contributed by atoms with van der Waals surface area (Å²) in [5.74, 6) is 0. The number of rotatable bonds is 4. The van der Waals surface area contributed by atoms with Crippen LogP contribution in [0, 0.1) is 6.92 Å². The second-order valence-corrected chi connectivity index (χ2v) is 6.14. The molecular weight excluding hydrogens is 296 g/mol. The second-order valence-electron chi connectivity index (χ2n) is 6.14. The minimum absolute atomic E-state index is 0.0485. The number of nitrogens with one attached hydrogen (secondary N) is 2. The van der Waals surface area contributed by atoms with E-state index in [1.165, 1.54) is 16.3 Å². The Morgan fingerprint density at radius 2 is 1.67 bits per heavy atom. The molecule has 24 heavy (non-hydrogen) atoms. The fourth-order valence-corrected chi connectivity index (χ4v) is 2.70. The van der Waals surface area contributed by atoms with Gasteiger partial charge in [-0.1, -0.05) is 66.2 Å². The molecule has 122 valence electrons. The SMILES string of the molecule is Cc1ccc(CNC(=O)N[C@H](C)c2ccc3ccccc3c2)cc1. The quantitative estimate of drug-likeness (QED) is 0.719. The highest BCUT2D eigenvalue weighted by atomic mass is 16.2. The van der Waals surface area contributed by atoms with Crippen molar-refractivity contribution in [3.05, 3.63) is 83.4 Å². The number of amides is 2. The van der Waals surface area contributed by atoms with E-state index < -0.39 is 0 Å². The van der Waals surface area contributed by atoms with Crippen LogP contribution in [0.3, 0.4) is 0 Å². The maximum Gasteiger partial charge on any atom is 0.315 e. The van der Waals surface area contributed by atoms with Crippen LogP contribution in [0.1, 0.15) is 29.7 Å². The fraction of sp³-hybridized carbons (Fsp3) is 0.190. The molecule has 3 aromatic rings. The van der Waals surface area contributed by atoms with Gasteiger partial charge in [0.2, 0.25) is 0 Å². The van der Waals surface area contributed by atoms with Gasteiger partial charge in [0.05, 0.1) is 6.04 Å². The Kier molecular flexibility index (Phi) is 4.80. The van der Waals surface area contributed by atoms with E-state index in [1.54, 1.807) is 0 Å². The maximum absolute atomic E-state index is 12.1. The predicted octanol–water partition coefficient (Wildman–Crippen LogP) is 4.71. The lowest BCUT2D eigenvalue weighted by Gasteiger charge is -2.16. The van der Waals surface area contributed by atoms with Crippen molar-refractivity contribution in [3.63, 3.8) is 0 Å². The molecule has 0 heterocycles. The zero-order valence-electron chi connectivity index (χ0n) is 14.0. The molecule has 3 heteroatoms. The van der Waals surface area contributed by atoms with Crippen LogP contribution in [-0.4, -0.2) is 6.03 Å². The molecule has 2 amide bonds. The highest BCUT2D eigenvalue weighted by Crippen LogP contribution is 2.20. The van der Waals surface area contributed by atoms with E-state index in [4.69, 9.17) is 0 Å². The molecule has 0 unspecified atom stereocenters. The normalized spacial score (nSPS) is 11.9. The van der Waals surface area contributed by atoms with E-state index >= 15 is 0 Å². The van der Waals surface area contributed by atoms with Gasteiger partial charge >= 0.3 is 6.03 Å². The van der Waals surface area contributed by atoms with Crippen LogP contribution in [-0.2, 0) is 6.54 Å². The van der Waals surface area contributed by atoms with Gasteiger partial charge in [0, 0.05) is 6.54 Å². The lowest BCUT2D eigenvalue weighted by Crippen LogP contribution is -2.36. The number of aryl methyl sites for hydroxylation is 1. The summed E-state index contributed by atoms with van der Waals surface area (Å²) >= 11 is 0. The summed E-state index contributed by atoms with van der Waals surface area (Å²) in [5.41, 5.74) is 3.40. The van der Waals surface area contributed by atoms with Crippen LogP contribution < -0.4 is 10.6 Å². The Morgan fingerprint density at radius 1 is 0.958 bits per heavy atom. The minimum Gasteiger partial charge on any atom is -0.334 e. The summed E-state index contributed by atoms with van der Waals surface area (Å²) < 4.78 is 0. The zero-order chi connectivity index (χ0) is 16.9. The number of hydrogen-bond acceptors (Lipinski definition) is 1. The summed E-state index contributed by atoms with van der Waals surface area (Å²) in [5, 5.41) is 8.29. The zero-order valence-corrected chi connectivity index (χ0v) is 14.0. The first-order valence-electron chi connectivity index (χ1n) is 8.20. The monoisotopic (exact) mass is 318 g/mol. The standard InChI is InChI=1S/C21H22N2O/c1-15-7-9-17(10-8-15)14-22-21(24)23-16(2)19-12-11-18-5-3-4-6-20(18)13-19/h3-13,16H,14H2,1-2H3,(H2,22,23,24)/t16-/m1/s1. The molecule has 0 saturated carbocycles. The Balaban J connectivity index is 1.59. The summed E-state index contributed by atoms with van der Waals surface area (Å²) in [7, 11) is 0. The summed E-state index contributed by atoms with van der Waals surface area (Å²) in [4.78, 5) is 12.1. The fourth-order valence-electron chi connectivity index (χ4n) is 2.70. The van der Waals surface area contributed by atoms with Gasteiger partial charge in [-0.2, -0.15) is 0 Å². The molecule has 0 aliphatic heterocycles. The van der Waals surface area contributed by atoms with Crippen molar-refractivity contribution in [2.75, 3.05) is 0 Å². The molecule has 3 aromatic carbocycles. The third-order valence-electron chi connectivity index (χ3n) is 4.19. The molecule has 0 fully saturated rings. The molecule has 0 spiro atoms. The average molecular weight is 318 g/mol. The number of hydrogen-bond donors (Lipinski definition) is 2. The summed E-state index contributed by atoms with van der Waals surface area (Å²) in [6.07, 6.45) is 0. The molecule has 0 bridgehead atoms. The smallest absolute Gasteiger partial charge is 0.315 e. The number of carbonyl (C=O) groups excluding carboxylic acids is 1. The Bertz CT molecular complexity index is 840. The Labute approximate surface area is 142 Å².